The highest BCUT2D eigenvalue weighted by molar-refractivity contribution is 8.26. The van der Waals surface area contributed by atoms with Gasteiger partial charge < -0.3 is 4.74 Å². The van der Waals surface area contributed by atoms with E-state index >= 15 is 0 Å². The number of carbonyl (C=O) groups is 1. The molecule has 1 aliphatic rings. The van der Waals surface area contributed by atoms with Crippen LogP contribution < -0.4 is 4.74 Å². The van der Waals surface area contributed by atoms with E-state index in [1.807, 2.05) is 71.6 Å². The lowest BCUT2D eigenvalue weighted by molar-refractivity contribution is -0.122. The summed E-state index contributed by atoms with van der Waals surface area (Å²) in [5, 5.41) is 4.88. The van der Waals surface area contributed by atoms with Crippen molar-refractivity contribution in [2.24, 2.45) is 0 Å². The summed E-state index contributed by atoms with van der Waals surface area (Å²) in [6, 6.07) is 23.7. The first-order chi connectivity index (χ1) is 18.5. The van der Waals surface area contributed by atoms with E-state index in [4.69, 9.17) is 22.1 Å². The number of halogens is 1. The fourth-order valence-corrected chi connectivity index (χ4v) is 5.36. The van der Waals surface area contributed by atoms with Gasteiger partial charge in [0.1, 0.15) is 28.2 Å². The first-order valence-electron chi connectivity index (χ1n) is 12.4. The molecule has 1 amide bonds. The third-order valence-electron chi connectivity index (χ3n) is 6.08. The summed E-state index contributed by atoms with van der Waals surface area (Å²) in [5.41, 5.74) is 4.16. The van der Waals surface area contributed by atoms with Crippen LogP contribution in [-0.2, 0) is 11.4 Å². The fraction of sp³-hybridized carbons (Fsp3) is 0.167. The standard InChI is InChI=1S/C30H26FN3O2S2/c1-2-3-16-33-29(35)27(38-30(33)37)18-23-19-34(25-9-5-4-6-10-25)32-28(23)22-8-7-11-26(17-22)36-20-21-12-14-24(31)15-13-21/h4-15,17-19H,2-3,16,20H2,1H3. The molecule has 0 bridgehead atoms. The SMILES string of the molecule is CCCCN1C(=O)C(=Cc2cn(-c3ccccc3)nc2-c2cccc(OCc3ccc(F)cc3)c2)SC1=S. The van der Waals surface area contributed by atoms with Crippen LogP contribution in [0.4, 0.5) is 4.39 Å². The Morgan fingerprint density at radius 2 is 1.84 bits per heavy atom. The van der Waals surface area contributed by atoms with E-state index in [1.54, 1.807) is 17.0 Å². The van der Waals surface area contributed by atoms with Gasteiger partial charge in [-0.05, 0) is 54.5 Å². The number of unbranched alkanes of at least 4 members (excludes halogenated alkanes) is 1. The Bertz CT molecular complexity index is 1480. The minimum absolute atomic E-state index is 0.0664. The molecule has 1 saturated heterocycles. The highest BCUT2D eigenvalue weighted by atomic mass is 32.2. The van der Waals surface area contributed by atoms with Crippen LogP contribution in [0.5, 0.6) is 5.75 Å². The first kappa shape index (κ1) is 25.9. The van der Waals surface area contributed by atoms with Gasteiger partial charge >= 0.3 is 0 Å². The van der Waals surface area contributed by atoms with Crippen molar-refractivity contribution in [3.8, 4) is 22.7 Å². The van der Waals surface area contributed by atoms with Crippen LogP contribution in [0.2, 0.25) is 0 Å². The maximum atomic E-state index is 13.2. The molecule has 5 nitrogen and oxygen atoms in total. The first-order valence-corrected chi connectivity index (χ1v) is 13.6. The van der Waals surface area contributed by atoms with Crippen molar-refractivity contribution < 1.29 is 13.9 Å². The van der Waals surface area contributed by atoms with Crippen LogP contribution in [0.1, 0.15) is 30.9 Å². The molecular weight excluding hydrogens is 517 g/mol. The molecule has 2 heterocycles. The smallest absolute Gasteiger partial charge is 0.266 e. The van der Waals surface area contributed by atoms with Gasteiger partial charge in [0, 0.05) is 23.9 Å². The van der Waals surface area contributed by atoms with E-state index < -0.39 is 0 Å². The fourth-order valence-electron chi connectivity index (χ4n) is 4.06. The molecule has 38 heavy (non-hydrogen) atoms. The normalized spacial score (nSPS) is 14.5. The van der Waals surface area contributed by atoms with Crippen molar-refractivity contribution in [3.63, 3.8) is 0 Å². The number of amides is 1. The van der Waals surface area contributed by atoms with Crippen LogP contribution in [0.25, 0.3) is 23.0 Å². The molecule has 0 N–H and O–H groups in total. The molecule has 192 valence electrons. The van der Waals surface area contributed by atoms with Crippen LogP contribution in [-0.4, -0.2) is 31.5 Å². The maximum Gasteiger partial charge on any atom is 0.266 e. The monoisotopic (exact) mass is 543 g/mol. The van der Waals surface area contributed by atoms with Gasteiger partial charge in [-0.15, -0.1) is 0 Å². The van der Waals surface area contributed by atoms with E-state index in [1.165, 1.54) is 23.9 Å². The number of hydrogen-bond donors (Lipinski definition) is 0. The maximum absolute atomic E-state index is 13.2. The molecule has 3 aromatic carbocycles. The van der Waals surface area contributed by atoms with Gasteiger partial charge in [0.05, 0.1) is 10.6 Å². The van der Waals surface area contributed by atoms with E-state index in [-0.39, 0.29) is 11.7 Å². The van der Waals surface area contributed by atoms with E-state index in [2.05, 4.69) is 6.92 Å². The molecule has 1 aromatic heterocycles. The Hall–Kier alpha value is -3.75. The predicted octanol–water partition coefficient (Wildman–Crippen LogP) is 7.26. The molecule has 0 atom stereocenters. The third-order valence-corrected chi connectivity index (χ3v) is 7.46. The van der Waals surface area contributed by atoms with Gasteiger partial charge in [-0.3, -0.25) is 9.69 Å². The Balaban J connectivity index is 1.48. The molecule has 4 aromatic rings. The van der Waals surface area contributed by atoms with E-state index in [0.29, 0.717) is 28.1 Å². The number of nitrogens with zero attached hydrogens (tertiary/aromatic N) is 3. The summed E-state index contributed by atoms with van der Waals surface area (Å²) < 4.78 is 21.6. The lowest BCUT2D eigenvalue weighted by Gasteiger charge is -2.13. The molecule has 0 spiro atoms. The summed E-state index contributed by atoms with van der Waals surface area (Å²) in [6.45, 7) is 3.03. The van der Waals surface area contributed by atoms with Crippen molar-refractivity contribution >= 4 is 40.3 Å². The number of carbonyl (C=O) groups excluding carboxylic acids is 1. The van der Waals surface area contributed by atoms with Gasteiger partial charge in [-0.2, -0.15) is 5.10 Å². The molecule has 1 aliphatic heterocycles. The number of para-hydroxylation sites is 1. The highest BCUT2D eigenvalue weighted by Gasteiger charge is 2.32. The van der Waals surface area contributed by atoms with Crippen LogP contribution in [0.15, 0.2) is 90.0 Å². The number of rotatable bonds is 9. The van der Waals surface area contributed by atoms with Gasteiger partial charge in [0.2, 0.25) is 0 Å². The zero-order chi connectivity index (χ0) is 26.5. The topological polar surface area (TPSA) is 47.4 Å². The lowest BCUT2D eigenvalue weighted by atomic mass is 10.1. The Morgan fingerprint density at radius 3 is 2.61 bits per heavy atom. The van der Waals surface area contributed by atoms with Gasteiger partial charge in [-0.25, -0.2) is 9.07 Å². The second-order valence-electron chi connectivity index (χ2n) is 8.84. The average Bonchev–Trinajstić information content (AvgIpc) is 3.48. The summed E-state index contributed by atoms with van der Waals surface area (Å²) >= 11 is 6.82. The van der Waals surface area contributed by atoms with Crippen molar-refractivity contribution in [3.05, 3.63) is 107 Å². The Morgan fingerprint density at radius 1 is 1.05 bits per heavy atom. The minimum atomic E-state index is -0.278. The molecular formula is C30H26FN3O2S2. The highest BCUT2D eigenvalue weighted by Crippen LogP contribution is 2.35. The molecule has 0 unspecified atom stereocenters. The number of ether oxygens (including phenoxy) is 1. The van der Waals surface area contributed by atoms with Crippen LogP contribution in [0, 0.1) is 5.82 Å². The predicted molar refractivity (Wildman–Crippen MR) is 155 cm³/mol. The van der Waals surface area contributed by atoms with Gasteiger partial charge in [0.15, 0.2) is 0 Å². The molecule has 0 radical (unpaired) electrons. The molecule has 5 rings (SSSR count). The summed E-state index contributed by atoms with van der Waals surface area (Å²) in [6.07, 6.45) is 5.69. The molecule has 8 heteroatoms. The molecule has 0 aliphatic carbocycles. The zero-order valence-corrected chi connectivity index (χ0v) is 22.5. The van der Waals surface area contributed by atoms with Crippen LogP contribution >= 0.6 is 24.0 Å². The average molecular weight is 544 g/mol. The molecule has 0 saturated carbocycles. The largest absolute Gasteiger partial charge is 0.489 e. The van der Waals surface area contributed by atoms with Crippen molar-refractivity contribution in [2.45, 2.75) is 26.4 Å². The van der Waals surface area contributed by atoms with Crippen molar-refractivity contribution in [1.82, 2.24) is 14.7 Å². The summed E-state index contributed by atoms with van der Waals surface area (Å²) in [7, 11) is 0. The second-order valence-corrected chi connectivity index (χ2v) is 10.5. The number of aromatic nitrogens is 2. The van der Waals surface area contributed by atoms with Crippen molar-refractivity contribution in [1.29, 1.82) is 0 Å². The Labute approximate surface area is 230 Å². The molecule has 1 fully saturated rings. The van der Waals surface area contributed by atoms with E-state index in [0.717, 1.165) is 40.9 Å². The second kappa shape index (κ2) is 11.8. The van der Waals surface area contributed by atoms with Gasteiger partial charge in [-0.1, -0.05) is 79.8 Å². The minimum Gasteiger partial charge on any atom is -0.489 e. The quantitative estimate of drug-likeness (QED) is 0.164. The van der Waals surface area contributed by atoms with E-state index in [9.17, 15) is 9.18 Å². The number of benzene rings is 3. The summed E-state index contributed by atoms with van der Waals surface area (Å²) in [5.74, 6) is 0.320. The van der Waals surface area contributed by atoms with Gasteiger partial charge in [0.25, 0.3) is 5.91 Å². The van der Waals surface area contributed by atoms with Crippen molar-refractivity contribution in [2.75, 3.05) is 6.54 Å². The summed E-state index contributed by atoms with van der Waals surface area (Å²) in [4.78, 5) is 15.4. The number of hydrogen-bond acceptors (Lipinski definition) is 5. The number of thiocarbonyl (C=S) groups is 1. The lowest BCUT2D eigenvalue weighted by Crippen LogP contribution is -2.28. The third kappa shape index (κ3) is 5.87. The number of thioether (sulfide) groups is 1. The van der Waals surface area contributed by atoms with Crippen LogP contribution in [0.3, 0.4) is 0 Å². The zero-order valence-electron chi connectivity index (χ0n) is 20.8. The Kier molecular flexibility index (Phi) is 8.00.